The van der Waals surface area contributed by atoms with Crippen molar-refractivity contribution >= 4 is 0 Å². The highest BCUT2D eigenvalue weighted by atomic mass is 16.6. The Labute approximate surface area is 123 Å². The fourth-order valence-corrected chi connectivity index (χ4v) is 4.03. The van der Waals surface area contributed by atoms with Crippen LogP contribution in [0, 0.1) is 0 Å². The highest BCUT2D eigenvalue weighted by Gasteiger charge is 2.43. The van der Waals surface area contributed by atoms with Crippen LogP contribution in [0.25, 0.3) is 0 Å². The molecule has 3 aliphatic rings. The summed E-state index contributed by atoms with van der Waals surface area (Å²) in [6, 6.07) is 1.40. The van der Waals surface area contributed by atoms with Crippen molar-refractivity contribution in [2.45, 2.75) is 63.1 Å². The zero-order chi connectivity index (χ0) is 13.8. The summed E-state index contributed by atoms with van der Waals surface area (Å²) in [5.41, 5.74) is 0.0483. The summed E-state index contributed by atoms with van der Waals surface area (Å²) in [6.45, 7) is 8.51. The monoisotopic (exact) mass is 282 g/mol. The standard InChI is InChI=1S/C16H30N2O2/c1-2-7-17-14-4-3-8-18(12-14)15-5-9-20-16(11-15)6-10-19-13-16/h14-15,17H,2-13H2,1H3. The molecule has 0 bridgehead atoms. The van der Waals surface area contributed by atoms with Gasteiger partial charge in [0.25, 0.3) is 0 Å². The zero-order valence-electron chi connectivity index (χ0n) is 12.9. The molecular formula is C16H30N2O2. The minimum Gasteiger partial charge on any atom is -0.378 e. The van der Waals surface area contributed by atoms with Gasteiger partial charge in [0.05, 0.1) is 12.2 Å². The van der Waals surface area contributed by atoms with E-state index >= 15 is 0 Å². The van der Waals surface area contributed by atoms with Gasteiger partial charge in [0.15, 0.2) is 0 Å². The van der Waals surface area contributed by atoms with Gasteiger partial charge in [-0.05, 0) is 45.2 Å². The quantitative estimate of drug-likeness (QED) is 0.852. The third-order valence-electron chi connectivity index (χ3n) is 5.19. The van der Waals surface area contributed by atoms with Gasteiger partial charge in [-0.1, -0.05) is 6.92 Å². The van der Waals surface area contributed by atoms with E-state index in [2.05, 4.69) is 17.1 Å². The minimum atomic E-state index is 0.0483. The van der Waals surface area contributed by atoms with Gasteiger partial charge < -0.3 is 14.8 Å². The molecule has 0 aromatic heterocycles. The molecule has 0 radical (unpaired) electrons. The summed E-state index contributed by atoms with van der Waals surface area (Å²) in [6.07, 6.45) is 7.37. The second kappa shape index (κ2) is 6.73. The van der Waals surface area contributed by atoms with E-state index in [1.807, 2.05) is 0 Å². The predicted octanol–water partition coefficient (Wildman–Crippen LogP) is 1.79. The Balaban J connectivity index is 1.54. The van der Waals surface area contributed by atoms with Gasteiger partial charge in [0.1, 0.15) is 0 Å². The molecule has 1 N–H and O–H groups in total. The third kappa shape index (κ3) is 3.35. The van der Waals surface area contributed by atoms with Gasteiger partial charge in [-0.15, -0.1) is 0 Å². The van der Waals surface area contributed by atoms with Crippen molar-refractivity contribution in [3.63, 3.8) is 0 Å². The van der Waals surface area contributed by atoms with Gasteiger partial charge >= 0.3 is 0 Å². The smallest absolute Gasteiger partial charge is 0.0951 e. The van der Waals surface area contributed by atoms with E-state index < -0.39 is 0 Å². The molecule has 3 rings (SSSR count). The van der Waals surface area contributed by atoms with Crippen LogP contribution in [0.4, 0.5) is 0 Å². The number of nitrogens with zero attached hydrogens (tertiary/aromatic N) is 1. The second-order valence-corrected chi connectivity index (χ2v) is 6.77. The van der Waals surface area contributed by atoms with E-state index in [-0.39, 0.29) is 5.60 Å². The highest BCUT2D eigenvalue weighted by molar-refractivity contribution is 4.95. The zero-order valence-corrected chi connectivity index (χ0v) is 12.9. The number of nitrogens with one attached hydrogen (secondary N) is 1. The number of ether oxygens (including phenoxy) is 2. The van der Waals surface area contributed by atoms with Crippen LogP contribution in [0.3, 0.4) is 0 Å². The molecule has 3 atom stereocenters. The normalized spacial score (nSPS) is 39.5. The van der Waals surface area contributed by atoms with E-state index in [1.54, 1.807) is 0 Å². The van der Waals surface area contributed by atoms with Crippen molar-refractivity contribution < 1.29 is 9.47 Å². The summed E-state index contributed by atoms with van der Waals surface area (Å²) >= 11 is 0. The molecule has 0 aliphatic carbocycles. The number of hydrogen-bond donors (Lipinski definition) is 1. The Hall–Kier alpha value is -0.160. The van der Waals surface area contributed by atoms with Crippen LogP contribution in [0.15, 0.2) is 0 Å². The Kier molecular flexibility index (Phi) is 4.97. The van der Waals surface area contributed by atoms with Crippen molar-refractivity contribution in [2.75, 3.05) is 39.5 Å². The largest absolute Gasteiger partial charge is 0.378 e. The molecule has 0 saturated carbocycles. The van der Waals surface area contributed by atoms with E-state index in [9.17, 15) is 0 Å². The molecule has 4 nitrogen and oxygen atoms in total. The summed E-state index contributed by atoms with van der Waals surface area (Å²) in [7, 11) is 0. The minimum absolute atomic E-state index is 0.0483. The van der Waals surface area contributed by atoms with E-state index in [1.165, 1.54) is 45.2 Å². The van der Waals surface area contributed by atoms with Crippen molar-refractivity contribution in [1.82, 2.24) is 10.2 Å². The molecule has 116 valence electrons. The second-order valence-electron chi connectivity index (χ2n) is 6.77. The van der Waals surface area contributed by atoms with Crippen molar-refractivity contribution in [3.8, 4) is 0 Å². The summed E-state index contributed by atoms with van der Waals surface area (Å²) in [5, 5.41) is 3.70. The van der Waals surface area contributed by atoms with Crippen LogP contribution < -0.4 is 5.32 Å². The fourth-order valence-electron chi connectivity index (χ4n) is 4.03. The Bertz CT molecular complexity index is 305. The number of hydrogen-bond acceptors (Lipinski definition) is 4. The average molecular weight is 282 g/mol. The van der Waals surface area contributed by atoms with E-state index in [0.29, 0.717) is 12.1 Å². The first-order chi connectivity index (χ1) is 9.81. The molecule has 0 amide bonds. The highest BCUT2D eigenvalue weighted by Crippen LogP contribution is 2.35. The summed E-state index contributed by atoms with van der Waals surface area (Å²) < 4.78 is 11.7. The molecule has 4 heteroatoms. The number of rotatable bonds is 4. The van der Waals surface area contributed by atoms with Crippen molar-refractivity contribution in [1.29, 1.82) is 0 Å². The van der Waals surface area contributed by atoms with Crippen LogP contribution in [0.5, 0.6) is 0 Å². The van der Waals surface area contributed by atoms with E-state index in [4.69, 9.17) is 9.47 Å². The van der Waals surface area contributed by atoms with Crippen molar-refractivity contribution in [3.05, 3.63) is 0 Å². The SMILES string of the molecule is CCCNC1CCCN(C2CCOC3(CCOC3)C2)C1. The number of likely N-dealkylation sites (tertiary alicyclic amines) is 1. The van der Waals surface area contributed by atoms with Crippen LogP contribution in [-0.4, -0.2) is 62.0 Å². The van der Waals surface area contributed by atoms with Crippen LogP contribution in [-0.2, 0) is 9.47 Å². The first-order valence-electron chi connectivity index (χ1n) is 8.50. The van der Waals surface area contributed by atoms with Gasteiger partial charge in [0, 0.05) is 38.3 Å². The topological polar surface area (TPSA) is 33.7 Å². The Morgan fingerprint density at radius 1 is 1.30 bits per heavy atom. The lowest BCUT2D eigenvalue weighted by Crippen LogP contribution is -2.54. The maximum Gasteiger partial charge on any atom is 0.0951 e. The molecule has 20 heavy (non-hydrogen) atoms. The Morgan fingerprint density at radius 2 is 2.25 bits per heavy atom. The summed E-state index contributed by atoms with van der Waals surface area (Å²) in [4.78, 5) is 2.72. The van der Waals surface area contributed by atoms with Crippen molar-refractivity contribution in [2.24, 2.45) is 0 Å². The molecule has 3 heterocycles. The van der Waals surface area contributed by atoms with Gasteiger partial charge in [-0.25, -0.2) is 0 Å². The first-order valence-corrected chi connectivity index (χ1v) is 8.50. The van der Waals surface area contributed by atoms with Gasteiger partial charge in [0.2, 0.25) is 0 Å². The molecule has 0 aromatic carbocycles. The lowest BCUT2D eigenvalue weighted by Gasteiger charge is -2.45. The molecule has 3 unspecified atom stereocenters. The molecule has 3 fully saturated rings. The first kappa shape index (κ1) is 14.8. The molecule has 0 aromatic rings. The number of piperidine rings is 1. The summed E-state index contributed by atoms with van der Waals surface area (Å²) in [5.74, 6) is 0. The van der Waals surface area contributed by atoms with Crippen LogP contribution in [0.2, 0.25) is 0 Å². The molecule has 3 saturated heterocycles. The lowest BCUT2D eigenvalue weighted by molar-refractivity contribution is -0.109. The average Bonchev–Trinajstić information content (AvgIpc) is 2.93. The molecular weight excluding hydrogens is 252 g/mol. The van der Waals surface area contributed by atoms with Gasteiger partial charge in [-0.2, -0.15) is 0 Å². The fraction of sp³-hybridized carbons (Fsp3) is 1.00. The third-order valence-corrected chi connectivity index (χ3v) is 5.19. The molecule has 3 aliphatic heterocycles. The van der Waals surface area contributed by atoms with Crippen LogP contribution >= 0.6 is 0 Å². The Morgan fingerprint density at radius 3 is 3.05 bits per heavy atom. The lowest BCUT2D eigenvalue weighted by atomic mass is 9.87. The maximum absolute atomic E-state index is 6.07. The van der Waals surface area contributed by atoms with E-state index in [0.717, 1.165) is 32.8 Å². The van der Waals surface area contributed by atoms with Crippen LogP contribution in [0.1, 0.15) is 45.4 Å². The maximum atomic E-state index is 6.07. The van der Waals surface area contributed by atoms with Gasteiger partial charge in [-0.3, -0.25) is 4.90 Å². The predicted molar refractivity (Wildman–Crippen MR) is 80.0 cm³/mol. The molecule has 1 spiro atoms.